The first kappa shape index (κ1) is 41.8. The molecule has 0 saturated heterocycles. The number of carboxylic acids is 2. The van der Waals surface area contributed by atoms with Gasteiger partial charge in [-0.25, -0.2) is 18.4 Å². The number of hydrogen-bond acceptors (Lipinski definition) is 8. The molecule has 0 aliphatic heterocycles. The summed E-state index contributed by atoms with van der Waals surface area (Å²) in [5.74, 6) is -3.99. The summed E-state index contributed by atoms with van der Waals surface area (Å²) in [6.45, 7) is 8.73. The second-order valence-electron chi connectivity index (χ2n) is 13.1. The van der Waals surface area contributed by atoms with Gasteiger partial charge in [-0.1, -0.05) is 23.7 Å². The monoisotopic (exact) mass is 774 g/mol. The van der Waals surface area contributed by atoms with Crippen molar-refractivity contribution < 1.29 is 28.6 Å². The second-order valence-corrected chi connectivity index (χ2v) is 13.5. The minimum atomic E-state index is -1.34. The van der Waals surface area contributed by atoms with Crippen LogP contribution in [0.25, 0.3) is 21.8 Å². The second kappa shape index (κ2) is 18.4. The molecule has 0 aliphatic rings. The van der Waals surface area contributed by atoms with Crippen LogP contribution in [0.1, 0.15) is 71.6 Å². The van der Waals surface area contributed by atoms with Gasteiger partial charge in [0, 0.05) is 80.2 Å². The minimum Gasteiger partial charge on any atom is -0.477 e. The van der Waals surface area contributed by atoms with Crippen molar-refractivity contribution in [1.82, 2.24) is 24.4 Å². The zero-order valence-corrected chi connectivity index (χ0v) is 31.8. The summed E-state index contributed by atoms with van der Waals surface area (Å²) in [6.07, 6.45) is 9.59. The lowest BCUT2D eigenvalue weighted by atomic mass is 10.1. The molecular weight excluding hydrogens is 734 g/mol. The maximum Gasteiger partial charge on any atom is 0.341 e. The number of benzene rings is 2. The number of rotatable bonds is 9. The molecule has 4 heterocycles. The number of aromatic carboxylic acids is 2. The third kappa shape index (κ3) is 9.96. The fraction of sp³-hybridized carbons (Fsp3) is 0.250. The van der Waals surface area contributed by atoms with Gasteiger partial charge >= 0.3 is 11.9 Å². The molecule has 6 aromatic rings. The Kier molecular flexibility index (Phi) is 13.9. The van der Waals surface area contributed by atoms with Gasteiger partial charge in [0.1, 0.15) is 22.8 Å². The van der Waals surface area contributed by atoms with E-state index < -0.39 is 34.4 Å². The van der Waals surface area contributed by atoms with E-state index in [1.165, 1.54) is 24.0 Å². The Balaban J connectivity index is 0.000000207. The van der Waals surface area contributed by atoms with E-state index >= 15 is 0 Å². The van der Waals surface area contributed by atoms with Crippen LogP contribution in [-0.2, 0) is 13.1 Å². The summed E-state index contributed by atoms with van der Waals surface area (Å²) in [5.41, 5.74) is 1.22. The van der Waals surface area contributed by atoms with Crippen LogP contribution >= 0.6 is 11.6 Å². The number of halogens is 3. The van der Waals surface area contributed by atoms with Gasteiger partial charge in [0.25, 0.3) is 0 Å². The summed E-state index contributed by atoms with van der Waals surface area (Å²) >= 11 is 5.71. The van der Waals surface area contributed by atoms with Crippen molar-refractivity contribution >= 4 is 51.0 Å². The van der Waals surface area contributed by atoms with Crippen LogP contribution in [0, 0.1) is 11.6 Å². The molecule has 6 rings (SSSR count). The maximum atomic E-state index is 14.8. The third-order valence-corrected chi connectivity index (χ3v) is 8.70. The van der Waals surface area contributed by atoms with Crippen molar-refractivity contribution in [3.05, 3.63) is 145 Å². The maximum absolute atomic E-state index is 14.8. The molecule has 0 bridgehead atoms. The number of hydrogen-bond donors (Lipinski definition) is 3. The average Bonchev–Trinajstić information content (AvgIpc) is 3.13. The van der Waals surface area contributed by atoms with Crippen molar-refractivity contribution in [3.8, 4) is 0 Å². The van der Waals surface area contributed by atoms with Gasteiger partial charge in [-0.15, -0.1) is 0 Å². The molecule has 0 saturated carbocycles. The molecule has 0 atom stereocenters. The highest BCUT2D eigenvalue weighted by Gasteiger charge is 2.20. The van der Waals surface area contributed by atoms with E-state index in [1.807, 2.05) is 65.2 Å². The van der Waals surface area contributed by atoms with Crippen LogP contribution in [0.15, 0.2) is 95.3 Å². The lowest BCUT2D eigenvalue weighted by Gasteiger charge is -2.22. The van der Waals surface area contributed by atoms with E-state index in [0.717, 1.165) is 24.2 Å². The molecule has 55 heavy (non-hydrogen) atoms. The molecule has 2 aromatic carbocycles. The van der Waals surface area contributed by atoms with Gasteiger partial charge in [0.15, 0.2) is 0 Å². The predicted octanol–water partition coefficient (Wildman–Crippen LogP) is 7.33. The Morgan fingerprint density at radius 3 is 1.71 bits per heavy atom. The number of anilines is 1. The van der Waals surface area contributed by atoms with E-state index in [0.29, 0.717) is 23.3 Å². The zero-order valence-electron chi connectivity index (χ0n) is 31.0. The van der Waals surface area contributed by atoms with Gasteiger partial charge in [0.2, 0.25) is 10.9 Å². The van der Waals surface area contributed by atoms with Crippen LogP contribution in [0.3, 0.4) is 0 Å². The van der Waals surface area contributed by atoms with E-state index in [2.05, 4.69) is 15.3 Å². The Bertz CT molecular complexity index is 2440. The van der Waals surface area contributed by atoms with E-state index in [4.69, 9.17) is 16.7 Å². The lowest BCUT2D eigenvalue weighted by Crippen LogP contribution is -2.22. The van der Waals surface area contributed by atoms with Crippen LogP contribution in [-0.4, -0.2) is 55.3 Å². The van der Waals surface area contributed by atoms with Gasteiger partial charge in [-0.2, -0.15) is 0 Å². The first-order valence-electron chi connectivity index (χ1n) is 17.1. The summed E-state index contributed by atoms with van der Waals surface area (Å²) < 4.78 is 31.5. The smallest absolute Gasteiger partial charge is 0.341 e. The summed E-state index contributed by atoms with van der Waals surface area (Å²) in [6, 6.07) is 12.5. The van der Waals surface area contributed by atoms with Crippen molar-refractivity contribution in [2.45, 2.75) is 52.9 Å². The molecule has 0 amide bonds. The number of pyridine rings is 4. The van der Waals surface area contributed by atoms with Gasteiger partial charge in [-0.3, -0.25) is 19.6 Å². The fourth-order valence-electron chi connectivity index (χ4n) is 5.71. The molecule has 12 nitrogen and oxygen atoms in total. The van der Waals surface area contributed by atoms with Crippen LogP contribution in [0.5, 0.6) is 0 Å². The molecule has 0 spiro atoms. The molecule has 15 heteroatoms. The molecule has 0 unspecified atom stereocenters. The number of carbonyl (C=O) groups is 2. The molecule has 0 aliphatic carbocycles. The number of fused-ring (bicyclic) bond motifs is 2. The summed E-state index contributed by atoms with van der Waals surface area (Å²) in [4.78, 5) is 56.7. The van der Waals surface area contributed by atoms with Gasteiger partial charge < -0.3 is 29.6 Å². The van der Waals surface area contributed by atoms with Crippen LogP contribution < -0.4 is 21.1 Å². The first-order chi connectivity index (χ1) is 26.0. The standard InChI is InChI=1S/C20H20FN3O3.C13H11ClFNO3.C7H10N2/c1-12(2)24-11-15(20(26)27)19(25)14-7-16(21)18(8-17(14)24)23(3)10-13-5-4-6-22-9-13;1-6(2)16-5-8(13(18)19)12(17)7-3-10(15)9(14)4-11(7)16;1-8-5-7-3-2-4-9-6-7/h4-9,11-12H,10H2,1-3H3,(H,26,27);3-6H,1-2H3,(H,18,19);2-4,6,8H,5H2,1H3. The van der Waals surface area contributed by atoms with Crippen LogP contribution in [0.2, 0.25) is 5.02 Å². The molecule has 3 N–H and O–H groups in total. The molecule has 4 aromatic heterocycles. The Morgan fingerprint density at radius 1 is 0.800 bits per heavy atom. The van der Waals surface area contributed by atoms with E-state index in [-0.39, 0.29) is 39.0 Å². The molecular formula is C40H41ClF2N6O6. The highest BCUT2D eigenvalue weighted by molar-refractivity contribution is 6.31. The van der Waals surface area contributed by atoms with Crippen molar-refractivity contribution in [1.29, 1.82) is 0 Å². The lowest BCUT2D eigenvalue weighted by molar-refractivity contribution is 0.0684. The van der Waals surface area contributed by atoms with Gasteiger partial charge in [0.05, 0.1) is 21.7 Å². The van der Waals surface area contributed by atoms with Gasteiger partial charge in [-0.05, 0) is 82.3 Å². The number of aromatic nitrogens is 4. The quantitative estimate of drug-likeness (QED) is 0.136. The van der Waals surface area contributed by atoms with Crippen LogP contribution in [0.4, 0.5) is 14.5 Å². The number of carboxylic acid groups (broad SMARTS) is 2. The molecule has 0 fully saturated rings. The van der Waals surface area contributed by atoms with Crippen molar-refractivity contribution in [3.63, 3.8) is 0 Å². The van der Waals surface area contributed by atoms with Crippen molar-refractivity contribution in [2.75, 3.05) is 19.0 Å². The first-order valence-corrected chi connectivity index (χ1v) is 17.5. The largest absolute Gasteiger partial charge is 0.477 e. The topological polar surface area (TPSA) is 160 Å². The van der Waals surface area contributed by atoms with E-state index in [1.54, 1.807) is 45.7 Å². The Labute approximate surface area is 320 Å². The highest BCUT2D eigenvalue weighted by Crippen LogP contribution is 2.27. The predicted molar refractivity (Wildman–Crippen MR) is 209 cm³/mol. The summed E-state index contributed by atoms with van der Waals surface area (Å²) in [5, 5.41) is 21.3. The normalized spacial score (nSPS) is 10.9. The number of nitrogens with one attached hydrogen (secondary N) is 1. The van der Waals surface area contributed by atoms with E-state index in [9.17, 15) is 33.1 Å². The Hall–Kier alpha value is -5.99. The Morgan fingerprint density at radius 2 is 1.27 bits per heavy atom. The highest BCUT2D eigenvalue weighted by atomic mass is 35.5. The molecule has 0 radical (unpaired) electrons. The third-order valence-electron chi connectivity index (χ3n) is 8.41. The SMILES string of the molecule is CC(C)n1cc(C(=O)O)c(=O)c2cc(F)c(Cl)cc21.CC(C)n1cc(C(=O)O)c(=O)c2cc(F)c(N(C)Cc3cccnc3)cc21.CNCc1cccnc1. The average molecular weight is 775 g/mol. The fourth-order valence-corrected chi connectivity index (χ4v) is 5.87. The minimum absolute atomic E-state index is 0.00972. The molecule has 288 valence electrons. The van der Waals surface area contributed by atoms with Crippen molar-refractivity contribution in [2.24, 2.45) is 0 Å². The summed E-state index contributed by atoms with van der Waals surface area (Å²) in [7, 11) is 3.67. The number of nitrogens with zero attached hydrogens (tertiary/aromatic N) is 5. The zero-order chi connectivity index (χ0) is 40.6.